The van der Waals surface area contributed by atoms with Gasteiger partial charge in [-0.3, -0.25) is 0 Å². The Bertz CT molecular complexity index is 1240. The van der Waals surface area contributed by atoms with Crippen LogP contribution in [0.4, 0.5) is 4.79 Å². The molecule has 2 aliphatic carbocycles. The molecule has 302 valence electrons. The Balaban J connectivity index is 1.58. The van der Waals surface area contributed by atoms with Gasteiger partial charge in [0.15, 0.2) is 0 Å². The van der Waals surface area contributed by atoms with Crippen LogP contribution in [0.3, 0.4) is 0 Å². The molecule has 7 nitrogen and oxygen atoms in total. The molecule has 1 heterocycles. The van der Waals surface area contributed by atoms with Gasteiger partial charge >= 0.3 is 6.03 Å². The number of carbonyl (C=O) groups is 1. The van der Waals surface area contributed by atoms with Crippen molar-refractivity contribution in [2.75, 3.05) is 39.9 Å². The third kappa shape index (κ3) is 14.2. The molecule has 0 bridgehead atoms. The Labute approximate surface area is 330 Å². The van der Waals surface area contributed by atoms with Crippen molar-refractivity contribution in [2.45, 2.75) is 153 Å². The van der Waals surface area contributed by atoms with E-state index in [0.29, 0.717) is 37.9 Å². The smallest absolute Gasteiger partial charge is 0.320 e. The summed E-state index contributed by atoms with van der Waals surface area (Å²) in [6, 6.07) is 23.3. The van der Waals surface area contributed by atoms with Gasteiger partial charge < -0.3 is 28.7 Å². The number of ether oxygens (including phenoxy) is 4. The van der Waals surface area contributed by atoms with Gasteiger partial charge in [0.05, 0.1) is 12.1 Å². The van der Waals surface area contributed by atoms with E-state index in [1.54, 1.807) is 0 Å². The van der Waals surface area contributed by atoms with Gasteiger partial charge in [0.2, 0.25) is 0 Å². The lowest BCUT2D eigenvalue weighted by atomic mass is 9.86. The number of benzene rings is 2. The van der Waals surface area contributed by atoms with Crippen molar-refractivity contribution in [3.8, 4) is 0 Å². The van der Waals surface area contributed by atoms with Gasteiger partial charge in [0.1, 0.15) is 25.8 Å². The van der Waals surface area contributed by atoms with Gasteiger partial charge in [0, 0.05) is 42.5 Å². The maximum Gasteiger partial charge on any atom is 0.320 e. The molecule has 54 heavy (non-hydrogen) atoms. The molecule has 3 aliphatic rings. The van der Waals surface area contributed by atoms with Crippen molar-refractivity contribution in [2.24, 2.45) is 11.8 Å². The maximum atomic E-state index is 15.6. The zero-order valence-electron chi connectivity index (χ0n) is 34.8. The molecule has 3 fully saturated rings. The molecular weight excluding hydrogens is 705 g/mol. The van der Waals surface area contributed by atoms with E-state index >= 15 is 4.79 Å². The van der Waals surface area contributed by atoms with Gasteiger partial charge in [-0.1, -0.05) is 138 Å². The zero-order chi connectivity index (χ0) is 38.4. The molecule has 1 aliphatic heterocycles. The topological polar surface area (TPSA) is 60.5 Å². The Morgan fingerprint density at radius 3 is 1.28 bits per heavy atom. The summed E-state index contributed by atoms with van der Waals surface area (Å²) < 4.78 is 26.7. The van der Waals surface area contributed by atoms with Gasteiger partial charge in [-0.25, -0.2) is 4.79 Å². The molecule has 4 atom stereocenters. The number of urea groups is 1. The number of hydrogen-bond donors (Lipinski definition) is 0. The second-order valence-electron chi connectivity index (χ2n) is 19.0. The second kappa shape index (κ2) is 21.5. The average molecular weight is 779 g/mol. The van der Waals surface area contributed by atoms with Crippen molar-refractivity contribution >= 4 is 22.2 Å². The van der Waals surface area contributed by atoms with E-state index in [9.17, 15) is 0 Å². The molecule has 2 aromatic rings. The first-order valence-corrected chi connectivity index (χ1v) is 28.9. The normalized spacial score (nSPS) is 23.9. The molecule has 2 aromatic carbocycles. The molecule has 0 N–H and O–H groups in total. The fourth-order valence-electron chi connectivity index (χ4n) is 8.67. The van der Waals surface area contributed by atoms with Crippen LogP contribution in [0.1, 0.15) is 75.3 Å². The first kappa shape index (κ1) is 43.1. The van der Waals surface area contributed by atoms with Crippen molar-refractivity contribution in [3.63, 3.8) is 0 Å². The molecule has 0 spiro atoms. The minimum absolute atomic E-state index is 0.159. The van der Waals surface area contributed by atoms with Crippen molar-refractivity contribution < 1.29 is 23.7 Å². The Morgan fingerprint density at radius 1 is 0.556 bits per heavy atom. The quantitative estimate of drug-likeness (QED) is 0.0761. The monoisotopic (exact) mass is 779 g/mol. The van der Waals surface area contributed by atoms with E-state index in [2.05, 4.69) is 110 Å². The van der Waals surface area contributed by atoms with E-state index in [1.165, 1.54) is 75.3 Å². The number of hydrogen-bond acceptors (Lipinski definition) is 5. The standard InChI is InChI=1S/C45H74N2O5Si2/c1-53(2,3)29-27-49-35-51-43-41(31-37-19-11-7-12-20-37)46(33-39-23-15-9-16-24-39)45(48)47(34-40-25-17-10-18-26-40)42(32-38-21-13-8-14-22-38)44(43)52-36-50-28-30-54(4,5)6/h7-8,11-14,19-22,39-44H,9-10,15-18,23-36H2,1-6H3/t41-,42-,43+,44+/m1/s1. The van der Waals surface area contributed by atoms with Crippen LogP contribution in [-0.2, 0) is 31.8 Å². The lowest BCUT2D eigenvalue weighted by molar-refractivity contribution is -0.188. The molecule has 5 rings (SSSR count). The molecule has 0 aromatic heterocycles. The fraction of sp³-hybridized carbons (Fsp3) is 0.711. The maximum absolute atomic E-state index is 15.6. The first-order chi connectivity index (χ1) is 26.0. The van der Waals surface area contributed by atoms with Crippen LogP contribution in [0.2, 0.25) is 51.4 Å². The number of nitrogens with zero attached hydrogens (tertiary/aromatic N) is 2. The summed E-state index contributed by atoms with van der Waals surface area (Å²) in [7, 11) is -2.56. The van der Waals surface area contributed by atoms with E-state index in [-0.39, 0.29) is 31.7 Å². The summed E-state index contributed by atoms with van der Waals surface area (Å²) in [6.07, 6.45) is 12.8. The van der Waals surface area contributed by atoms with Gasteiger partial charge in [0.25, 0.3) is 0 Å². The Kier molecular flexibility index (Phi) is 17.2. The SMILES string of the molecule is C[Si](C)(C)CCOCO[C@@H]1[C@@H](OCOCC[Si](C)(C)C)[C@@H](Cc2ccccc2)N(CC2CCCCC2)C(=O)N(CC2CCCCC2)[C@@H]1Cc1ccccc1. The minimum atomic E-state index is -1.28. The van der Waals surface area contributed by atoms with Gasteiger partial charge in [-0.15, -0.1) is 0 Å². The summed E-state index contributed by atoms with van der Waals surface area (Å²) in [5, 5.41) is 0. The highest BCUT2D eigenvalue weighted by Gasteiger charge is 2.50. The number of carbonyl (C=O) groups excluding carboxylic acids is 1. The Hall–Kier alpha value is -2.02. The van der Waals surface area contributed by atoms with Crippen LogP contribution < -0.4 is 0 Å². The highest BCUT2D eigenvalue weighted by molar-refractivity contribution is 6.76. The third-order valence-corrected chi connectivity index (χ3v) is 15.4. The predicted octanol–water partition coefficient (Wildman–Crippen LogP) is 10.5. The highest BCUT2D eigenvalue weighted by atomic mass is 28.3. The molecule has 1 saturated heterocycles. The van der Waals surface area contributed by atoms with E-state index in [0.717, 1.165) is 25.2 Å². The van der Waals surface area contributed by atoms with Crippen LogP contribution >= 0.6 is 0 Å². The van der Waals surface area contributed by atoms with E-state index in [1.807, 2.05) is 0 Å². The molecule has 2 saturated carbocycles. The lowest BCUT2D eigenvalue weighted by Crippen LogP contribution is -2.54. The van der Waals surface area contributed by atoms with Crippen LogP contribution in [0, 0.1) is 11.8 Å². The fourth-order valence-corrected chi connectivity index (χ4v) is 10.2. The van der Waals surface area contributed by atoms with Crippen molar-refractivity contribution in [1.82, 2.24) is 9.80 Å². The van der Waals surface area contributed by atoms with Crippen LogP contribution in [0.25, 0.3) is 0 Å². The summed E-state index contributed by atoms with van der Waals surface area (Å²) in [4.78, 5) is 20.2. The Morgan fingerprint density at radius 2 is 0.926 bits per heavy atom. The first-order valence-electron chi connectivity index (χ1n) is 21.5. The zero-order valence-corrected chi connectivity index (χ0v) is 36.8. The third-order valence-electron chi connectivity index (χ3n) is 12.0. The molecular formula is C45H74N2O5Si2. The second-order valence-corrected chi connectivity index (χ2v) is 30.3. The number of amides is 2. The van der Waals surface area contributed by atoms with Gasteiger partial charge in [-0.05, 0) is 73.6 Å². The molecule has 2 amide bonds. The van der Waals surface area contributed by atoms with Gasteiger partial charge in [-0.2, -0.15) is 0 Å². The molecule has 0 radical (unpaired) electrons. The highest BCUT2D eigenvalue weighted by Crippen LogP contribution is 2.36. The molecule has 0 unspecified atom stereocenters. The van der Waals surface area contributed by atoms with Crippen LogP contribution in [0.5, 0.6) is 0 Å². The summed E-state index contributed by atoms with van der Waals surface area (Å²) in [5.41, 5.74) is 2.42. The minimum Gasteiger partial charge on any atom is -0.356 e. The number of rotatable bonds is 20. The average Bonchev–Trinajstić information content (AvgIpc) is 3.22. The summed E-state index contributed by atoms with van der Waals surface area (Å²) in [6.45, 7) is 17.5. The van der Waals surface area contributed by atoms with Crippen molar-refractivity contribution in [3.05, 3.63) is 71.8 Å². The van der Waals surface area contributed by atoms with E-state index in [4.69, 9.17) is 18.9 Å². The molecule has 9 heteroatoms. The predicted molar refractivity (Wildman–Crippen MR) is 228 cm³/mol. The van der Waals surface area contributed by atoms with E-state index < -0.39 is 28.4 Å². The summed E-state index contributed by atoms with van der Waals surface area (Å²) in [5.74, 6) is 0.974. The van der Waals surface area contributed by atoms with Crippen LogP contribution in [-0.4, -0.2) is 96.2 Å². The lowest BCUT2D eigenvalue weighted by Gasteiger charge is -2.40. The summed E-state index contributed by atoms with van der Waals surface area (Å²) >= 11 is 0. The van der Waals surface area contributed by atoms with Crippen LogP contribution in [0.15, 0.2) is 60.7 Å². The largest absolute Gasteiger partial charge is 0.356 e. The van der Waals surface area contributed by atoms with Crippen molar-refractivity contribution in [1.29, 1.82) is 0 Å².